The number of ether oxygens (including phenoxy) is 1. The molecule has 0 heterocycles. The van der Waals surface area contributed by atoms with E-state index in [0.717, 1.165) is 10.4 Å². The van der Waals surface area contributed by atoms with Gasteiger partial charge >= 0.3 is 0 Å². The molecule has 214 valence electrons. The number of carbonyl (C=O) groups excluding carboxylic acids is 2. The number of likely N-dealkylation sites (N-methyl/N-ethyl adjacent to an activating group) is 1. The number of hydrogen-bond donors (Lipinski definition) is 10. The second kappa shape index (κ2) is 18.7. The fraction of sp³-hybridized carbons (Fsp3) is 0.429. The molecule has 0 aliphatic rings. The fourth-order valence-electron chi connectivity index (χ4n) is 2.60. The lowest BCUT2D eigenvalue weighted by Crippen LogP contribution is -2.58. The first-order chi connectivity index (χ1) is 18.0. The minimum Gasteiger partial charge on any atom is -0.491 e. The molecule has 0 saturated carbocycles. The first-order valence-corrected chi connectivity index (χ1v) is 12.6. The molecule has 0 fully saturated rings. The number of hydroxylamine groups is 3. The summed E-state index contributed by atoms with van der Waals surface area (Å²) in [5, 5.41) is 36.7. The van der Waals surface area contributed by atoms with E-state index in [1.54, 1.807) is 38.1 Å². The van der Waals surface area contributed by atoms with Crippen molar-refractivity contribution in [1.82, 2.24) is 20.6 Å². The number of nitrogen functional groups attached to an aromatic ring is 1. The molecule has 1 unspecified atom stereocenters. The minimum atomic E-state index is -1.14. The van der Waals surface area contributed by atoms with Gasteiger partial charge in [-0.3, -0.25) is 25.7 Å². The van der Waals surface area contributed by atoms with E-state index in [1.165, 1.54) is 7.05 Å². The van der Waals surface area contributed by atoms with E-state index in [0.29, 0.717) is 29.7 Å². The molecule has 1 aromatic carbocycles. The van der Waals surface area contributed by atoms with Crippen LogP contribution in [0.4, 0.5) is 0 Å². The van der Waals surface area contributed by atoms with Crippen molar-refractivity contribution in [3.8, 4) is 5.75 Å². The standard InChI is InChI=1S/C21H33N7O6S2.H2OS/c1-21(2,28(3)32)17(10-30)25-20(31)18(16(12-35)27-36-24)26-34-15(8-9-29)11-33-14-6-4-13(5-7-14)19(22)23;1-2/h4-7,10,12,15,17,26-27,29,32H,8-9,11,24H2,1-3H3,(H3,22,23)(H,25,31);1-2H/b18-16-;/t15?,17-;/m1./s1. The van der Waals surface area contributed by atoms with E-state index < -0.39 is 23.6 Å². The van der Waals surface area contributed by atoms with Gasteiger partial charge in [0.1, 0.15) is 36.6 Å². The van der Waals surface area contributed by atoms with Crippen LogP contribution in [0.15, 0.2) is 35.7 Å². The number of carbonyl (C=O) groups is 2. The number of nitrogens with two attached hydrogens (primary N) is 2. The normalized spacial score (nSPS) is 13.2. The number of amides is 1. The van der Waals surface area contributed by atoms with Crippen molar-refractivity contribution in [2.24, 2.45) is 10.9 Å². The summed E-state index contributed by atoms with van der Waals surface area (Å²) in [6.45, 7) is 2.88. The molecule has 38 heavy (non-hydrogen) atoms. The topological polar surface area (TPSA) is 229 Å². The summed E-state index contributed by atoms with van der Waals surface area (Å²) >= 11 is 8.18. The quantitative estimate of drug-likeness (QED) is 0.0133. The molecule has 0 spiro atoms. The van der Waals surface area contributed by atoms with E-state index in [1.807, 2.05) is 0 Å². The Hall–Kier alpha value is -2.48. The number of thiocarbonyl (C=S) groups is 1. The van der Waals surface area contributed by atoms with Crippen LogP contribution in [0.2, 0.25) is 0 Å². The summed E-state index contributed by atoms with van der Waals surface area (Å²) in [6, 6.07) is 5.40. The van der Waals surface area contributed by atoms with Crippen molar-refractivity contribution >= 4 is 60.7 Å². The van der Waals surface area contributed by atoms with Crippen LogP contribution in [0.5, 0.6) is 5.75 Å². The second-order valence-corrected chi connectivity index (χ2v) is 8.67. The molecule has 1 aromatic rings. The van der Waals surface area contributed by atoms with Crippen molar-refractivity contribution in [2.75, 3.05) is 20.3 Å². The van der Waals surface area contributed by atoms with Crippen LogP contribution in [0.3, 0.4) is 0 Å². The molecular weight excluding hydrogens is 558 g/mol. The van der Waals surface area contributed by atoms with E-state index in [-0.39, 0.29) is 36.9 Å². The van der Waals surface area contributed by atoms with E-state index >= 15 is 0 Å². The van der Waals surface area contributed by atoms with Crippen LogP contribution in [-0.2, 0) is 14.4 Å². The summed E-state index contributed by atoms with van der Waals surface area (Å²) in [5.74, 6) is -0.373. The van der Waals surface area contributed by atoms with Crippen LogP contribution < -0.4 is 31.1 Å². The lowest BCUT2D eigenvalue weighted by atomic mass is 9.95. The van der Waals surface area contributed by atoms with Crippen LogP contribution in [-0.4, -0.2) is 81.3 Å². The average molecular weight is 594 g/mol. The molecule has 0 aliphatic carbocycles. The van der Waals surface area contributed by atoms with Crippen molar-refractivity contribution in [3.63, 3.8) is 0 Å². The van der Waals surface area contributed by atoms with Gasteiger partial charge in [0.2, 0.25) is 0 Å². The zero-order valence-corrected chi connectivity index (χ0v) is 23.6. The average Bonchev–Trinajstić information content (AvgIpc) is 2.90. The molecule has 14 nitrogen and oxygen atoms in total. The Morgan fingerprint density at radius 3 is 2.39 bits per heavy atom. The van der Waals surface area contributed by atoms with Crippen LogP contribution in [0.1, 0.15) is 25.8 Å². The molecule has 11 N–H and O–H groups in total. The Morgan fingerprint density at radius 1 is 1.34 bits per heavy atom. The van der Waals surface area contributed by atoms with Gasteiger partial charge < -0.3 is 40.2 Å². The monoisotopic (exact) mass is 593 g/mol. The first kappa shape index (κ1) is 35.5. The van der Waals surface area contributed by atoms with Gasteiger partial charge in [-0.25, -0.2) is 0 Å². The smallest absolute Gasteiger partial charge is 0.272 e. The highest BCUT2D eigenvalue weighted by Crippen LogP contribution is 2.16. The lowest BCUT2D eigenvalue weighted by molar-refractivity contribution is -0.157. The van der Waals surface area contributed by atoms with Crippen LogP contribution in [0, 0.1) is 5.41 Å². The highest BCUT2D eigenvalue weighted by atomic mass is 32.2. The van der Waals surface area contributed by atoms with E-state index in [4.69, 9.17) is 42.6 Å². The van der Waals surface area contributed by atoms with Gasteiger partial charge in [-0.1, -0.05) is 12.2 Å². The summed E-state index contributed by atoms with van der Waals surface area (Å²) in [5.41, 5.74) is 7.25. The van der Waals surface area contributed by atoms with Crippen molar-refractivity contribution < 1.29 is 34.0 Å². The molecule has 0 bridgehead atoms. The molecule has 17 heteroatoms. The van der Waals surface area contributed by atoms with Crippen LogP contribution >= 0.6 is 37.3 Å². The highest BCUT2D eigenvalue weighted by Gasteiger charge is 2.35. The predicted octanol–water partition coefficient (Wildman–Crippen LogP) is 0.117. The highest BCUT2D eigenvalue weighted by molar-refractivity contribution is 7.95. The summed E-state index contributed by atoms with van der Waals surface area (Å²) < 4.78 is 15.0. The lowest BCUT2D eigenvalue weighted by Gasteiger charge is -2.35. The molecule has 2 atom stereocenters. The first-order valence-electron chi connectivity index (χ1n) is 10.8. The van der Waals surface area contributed by atoms with Gasteiger partial charge in [0, 0.05) is 43.1 Å². The number of hydrogen-bond acceptors (Lipinski definition) is 15. The molecule has 1 rings (SSSR count). The number of rotatable bonds is 17. The molecular formula is C21H35N7O7S3. The van der Waals surface area contributed by atoms with Gasteiger partial charge in [-0.15, -0.1) is 0 Å². The number of nitrogens with zero attached hydrogens (tertiary/aromatic N) is 1. The Kier molecular flexibility index (Phi) is 17.5. The number of thiol groups is 1. The Balaban J connectivity index is 0.00000667. The number of aliphatic hydroxyl groups excluding tert-OH is 1. The minimum absolute atomic E-state index is 0.00678. The maximum absolute atomic E-state index is 13.1. The Morgan fingerprint density at radius 2 is 1.95 bits per heavy atom. The van der Waals surface area contributed by atoms with Crippen LogP contribution in [0.25, 0.3) is 0 Å². The molecule has 0 aromatic heterocycles. The maximum Gasteiger partial charge on any atom is 0.272 e. The van der Waals surface area contributed by atoms with E-state index in [9.17, 15) is 19.9 Å². The SMILES string of the molecule is CN(O)C(C)(C)[C@@H](C=O)NC(=O)/C(NOC(CCO)COc1ccc(C(=N)N)cc1)=C(\C=S)NSN.OS. The predicted molar refractivity (Wildman–Crippen MR) is 151 cm³/mol. The van der Waals surface area contributed by atoms with Crippen molar-refractivity contribution in [2.45, 2.75) is 38.0 Å². The Labute approximate surface area is 236 Å². The molecule has 0 saturated heterocycles. The number of allylic oxidation sites excluding steroid dienone is 1. The summed E-state index contributed by atoms with van der Waals surface area (Å²) in [7, 11) is 1.35. The maximum atomic E-state index is 13.1. The van der Waals surface area contributed by atoms with Gasteiger partial charge in [0.25, 0.3) is 5.91 Å². The zero-order valence-electron chi connectivity index (χ0n) is 21.1. The largest absolute Gasteiger partial charge is 0.491 e. The Bertz CT molecular complexity index is 934. The molecule has 0 aliphatic heterocycles. The van der Waals surface area contributed by atoms with Crippen molar-refractivity contribution in [1.29, 1.82) is 5.41 Å². The number of amidine groups is 1. The third-order valence-corrected chi connectivity index (χ3v) is 5.75. The second-order valence-electron chi connectivity index (χ2n) is 7.99. The molecule has 0 radical (unpaired) electrons. The number of aldehydes is 1. The number of benzene rings is 1. The molecule has 1 amide bonds. The fourth-order valence-corrected chi connectivity index (χ4v) is 3.13. The van der Waals surface area contributed by atoms with Crippen molar-refractivity contribution in [3.05, 3.63) is 41.2 Å². The van der Waals surface area contributed by atoms with Gasteiger partial charge in [0.05, 0.1) is 11.2 Å². The van der Waals surface area contributed by atoms with Gasteiger partial charge in [0.15, 0.2) is 5.70 Å². The van der Waals surface area contributed by atoms with Gasteiger partial charge in [-0.2, -0.15) is 5.06 Å². The number of nitrogens with one attached hydrogen (secondary N) is 4. The van der Waals surface area contributed by atoms with E-state index in [2.05, 4.69) is 28.4 Å². The zero-order chi connectivity index (χ0) is 29.3. The van der Waals surface area contributed by atoms with Gasteiger partial charge in [-0.05, 0) is 51.0 Å². The summed E-state index contributed by atoms with van der Waals surface area (Å²) in [6.07, 6.45) is -0.0758. The third-order valence-electron chi connectivity index (χ3n) is 5.18. The number of aliphatic hydroxyl groups is 1. The summed E-state index contributed by atoms with van der Waals surface area (Å²) in [4.78, 5) is 30.3. The third kappa shape index (κ3) is 11.5.